The largest absolute Gasteiger partial charge is 0.389 e. The van der Waals surface area contributed by atoms with Gasteiger partial charge in [0.05, 0.1) is 13.2 Å². The fourth-order valence-corrected chi connectivity index (χ4v) is 2.39. The van der Waals surface area contributed by atoms with Gasteiger partial charge < -0.3 is 21.1 Å². The van der Waals surface area contributed by atoms with Crippen molar-refractivity contribution in [3.8, 4) is 0 Å². The maximum Gasteiger partial charge on any atom is 0.242 e. The lowest BCUT2D eigenvalue weighted by Crippen LogP contribution is -2.53. The smallest absolute Gasteiger partial charge is 0.242 e. The summed E-state index contributed by atoms with van der Waals surface area (Å²) in [6, 6.07) is 5.32. The van der Waals surface area contributed by atoms with E-state index in [9.17, 15) is 4.79 Å². The number of primary amides is 1. The number of carbonyl (C=O) groups excluding carboxylic acids is 1. The minimum atomic E-state index is -0.482. The molecule has 0 radical (unpaired) electrons. The topological polar surface area (TPSA) is 81.6 Å². The van der Waals surface area contributed by atoms with Crippen LogP contribution in [0, 0.1) is 6.92 Å². The summed E-state index contributed by atoms with van der Waals surface area (Å²) in [7, 11) is 0. The summed E-state index contributed by atoms with van der Waals surface area (Å²) in [5.41, 5.74) is 13.9. The predicted molar refractivity (Wildman–Crippen MR) is 78.2 cm³/mol. The summed E-state index contributed by atoms with van der Waals surface area (Å²) in [6.45, 7) is 3.40. The van der Waals surface area contributed by atoms with Crippen LogP contribution in [0.5, 0.6) is 0 Å². The van der Waals surface area contributed by atoms with E-state index in [1.165, 1.54) is 0 Å². The van der Waals surface area contributed by atoms with E-state index < -0.39 is 11.9 Å². The van der Waals surface area contributed by atoms with Crippen LogP contribution in [-0.2, 0) is 9.53 Å². The first kappa shape index (κ1) is 13.8. The second-order valence-electron chi connectivity index (χ2n) is 4.57. The van der Waals surface area contributed by atoms with Crippen molar-refractivity contribution in [3.05, 3.63) is 29.3 Å². The van der Waals surface area contributed by atoms with Gasteiger partial charge in [-0.1, -0.05) is 23.8 Å². The number of aryl methyl sites for hydroxylation is 1. The molecule has 5 nitrogen and oxygen atoms in total. The van der Waals surface area contributed by atoms with Gasteiger partial charge in [-0.15, -0.1) is 0 Å². The number of nitrogens with zero attached hydrogens (tertiary/aromatic N) is 1. The van der Waals surface area contributed by atoms with Gasteiger partial charge in [0.25, 0.3) is 0 Å². The zero-order valence-corrected chi connectivity index (χ0v) is 11.6. The number of nitrogens with two attached hydrogens (primary N) is 2. The van der Waals surface area contributed by atoms with Crippen molar-refractivity contribution in [2.24, 2.45) is 11.5 Å². The molecule has 1 amide bonds. The molecule has 0 aliphatic carbocycles. The maximum absolute atomic E-state index is 11.5. The third-order valence-corrected chi connectivity index (χ3v) is 3.40. The first-order valence-corrected chi connectivity index (χ1v) is 6.45. The Morgan fingerprint density at radius 2 is 2.21 bits per heavy atom. The number of ether oxygens (including phenoxy) is 1. The van der Waals surface area contributed by atoms with Crippen LogP contribution in [0.15, 0.2) is 18.2 Å². The quantitative estimate of drug-likeness (QED) is 0.779. The average molecular weight is 279 g/mol. The van der Waals surface area contributed by atoms with E-state index in [0.29, 0.717) is 24.7 Å². The van der Waals surface area contributed by atoms with Gasteiger partial charge in [-0.05, 0) is 19.1 Å². The third-order valence-electron chi connectivity index (χ3n) is 3.18. The molecule has 1 aromatic carbocycles. The molecular weight excluding hydrogens is 262 g/mol. The molecular formula is C13H17N3O2S. The van der Waals surface area contributed by atoms with Gasteiger partial charge in [-0.25, -0.2) is 0 Å². The lowest BCUT2D eigenvalue weighted by atomic mass is 10.1. The van der Waals surface area contributed by atoms with Crippen LogP contribution in [0.1, 0.15) is 11.1 Å². The number of amides is 1. The molecule has 1 heterocycles. The summed E-state index contributed by atoms with van der Waals surface area (Å²) in [5, 5.41) is 0. The van der Waals surface area contributed by atoms with E-state index >= 15 is 0 Å². The Balaban J connectivity index is 2.44. The van der Waals surface area contributed by atoms with E-state index in [0.717, 1.165) is 16.8 Å². The lowest BCUT2D eigenvalue weighted by Gasteiger charge is -2.36. The van der Waals surface area contributed by atoms with Crippen LogP contribution in [0.2, 0.25) is 0 Å². The SMILES string of the molecule is Cc1ccc(N2CCOCC2C(N)=O)c(C(N)=S)c1. The number of anilines is 1. The summed E-state index contributed by atoms with van der Waals surface area (Å²) in [4.78, 5) is 13.8. The minimum absolute atomic E-state index is 0.292. The molecule has 0 spiro atoms. The molecule has 1 aliphatic rings. The van der Waals surface area contributed by atoms with Gasteiger partial charge in [0, 0.05) is 17.8 Å². The fraction of sp³-hybridized carbons (Fsp3) is 0.385. The molecule has 1 aromatic rings. The number of hydrogen-bond acceptors (Lipinski definition) is 4. The minimum Gasteiger partial charge on any atom is -0.389 e. The Morgan fingerprint density at radius 1 is 1.47 bits per heavy atom. The van der Waals surface area contributed by atoms with Gasteiger partial charge in [0.1, 0.15) is 11.0 Å². The highest BCUT2D eigenvalue weighted by Crippen LogP contribution is 2.25. The normalized spacial score (nSPS) is 19.2. The first-order chi connectivity index (χ1) is 9.00. The van der Waals surface area contributed by atoms with Crippen LogP contribution in [0.4, 0.5) is 5.69 Å². The van der Waals surface area contributed by atoms with E-state index in [4.69, 9.17) is 28.4 Å². The number of carbonyl (C=O) groups is 1. The number of thiocarbonyl (C=S) groups is 1. The van der Waals surface area contributed by atoms with Crippen LogP contribution < -0.4 is 16.4 Å². The lowest BCUT2D eigenvalue weighted by molar-refractivity contribution is -0.121. The molecule has 1 unspecified atom stereocenters. The van der Waals surface area contributed by atoms with Crippen molar-refractivity contribution in [2.45, 2.75) is 13.0 Å². The second kappa shape index (κ2) is 5.54. The molecule has 0 bridgehead atoms. The number of rotatable bonds is 3. The average Bonchev–Trinajstić information content (AvgIpc) is 2.38. The number of hydrogen-bond donors (Lipinski definition) is 2. The van der Waals surface area contributed by atoms with E-state index in [2.05, 4.69) is 0 Å². The van der Waals surface area contributed by atoms with E-state index in [1.807, 2.05) is 30.0 Å². The van der Waals surface area contributed by atoms with Crippen LogP contribution in [-0.4, -0.2) is 36.7 Å². The highest BCUT2D eigenvalue weighted by Gasteiger charge is 2.29. The van der Waals surface area contributed by atoms with Crippen molar-refractivity contribution in [3.63, 3.8) is 0 Å². The summed E-state index contributed by atoms with van der Waals surface area (Å²) < 4.78 is 5.31. The predicted octanol–water partition coefficient (Wildman–Crippen LogP) is 0.320. The molecule has 0 aromatic heterocycles. The van der Waals surface area contributed by atoms with Gasteiger partial charge in [0.15, 0.2) is 0 Å². The number of benzene rings is 1. The fourth-order valence-electron chi connectivity index (χ4n) is 2.23. The van der Waals surface area contributed by atoms with Gasteiger partial charge in [-0.3, -0.25) is 4.79 Å². The van der Waals surface area contributed by atoms with Crippen LogP contribution in [0.3, 0.4) is 0 Å². The Bertz CT molecular complexity index is 519. The number of morpholine rings is 1. The van der Waals surface area contributed by atoms with Crippen molar-refractivity contribution < 1.29 is 9.53 Å². The van der Waals surface area contributed by atoms with Crippen LogP contribution >= 0.6 is 12.2 Å². The molecule has 1 fully saturated rings. The molecule has 1 atom stereocenters. The third kappa shape index (κ3) is 2.85. The van der Waals surface area contributed by atoms with Crippen molar-refractivity contribution in [1.29, 1.82) is 0 Å². The molecule has 2 rings (SSSR count). The molecule has 1 saturated heterocycles. The Kier molecular flexibility index (Phi) is 4.01. The van der Waals surface area contributed by atoms with E-state index in [-0.39, 0.29) is 0 Å². The highest BCUT2D eigenvalue weighted by molar-refractivity contribution is 7.80. The molecule has 102 valence electrons. The second-order valence-corrected chi connectivity index (χ2v) is 5.01. The monoisotopic (exact) mass is 279 g/mol. The van der Waals surface area contributed by atoms with Crippen molar-refractivity contribution in [2.75, 3.05) is 24.7 Å². The van der Waals surface area contributed by atoms with Crippen molar-refractivity contribution >= 4 is 28.8 Å². The first-order valence-electron chi connectivity index (χ1n) is 6.05. The van der Waals surface area contributed by atoms with Gasteiger partial charge >= 0.3 is 0 Å². The maximum atomic E-state index is 11.5. The summed E-state index contributed by atoms with van der Waals surface area (Å²) in [5.74, 6) is -0.408. The van der Waals surface area contributed by atoms with Gasteiger partial charge in [-0.2, -0.15) is 0 Å². The molecule has 19 heavy (non-hydrogen) atoms. The van der Waals surface area contributed by atoms with Crippen LogP contribution in [0.25, 0.3) is 0 Å². The van der Waals surface area contributed by atoms with Crippen molar-refractivity contribution in [1.82, 2.24) is 0 Å². The Labute approximate surface area is 117 Å². The molecule has 1 aliphatic heterocycles. The summed E-state index contributed by atoms with van der Waals surface area (Å²) in [6.07, 6.45) is 0. The zero-order valence-electron chi connectivity index (χ0n) is 10.8. The molecule has 6 heteroatoms. The summed E-state index contributed by atoms with van der Waals surface area (Å²) >= 11 is 5.09. The Morgan fingerprint density at radius 3 is 2.84 bits per heavy atom. The molecule has 0 saturated carbocycles. The standard InChI is InChI=1S/C13H17N3O2S/c1-8-2-3-10(9(6-8)13(15)19)16-4-5-18-7-11(16)12(14)17/h2-3,6,11H,4-5,7H2,1H3,(H2,14,17)(H2,15,19). The molecule has 4 N–H and O–H groups in total. The zero-order chi connectivity index (χ0) is 14.0. The van der Waals surface area contributed by atoms with Gasteiger partial charge in [0.2, 0.25) is 5.91 Å². The van der Waals surface area contributed by atoms with E-state index in [1.54, 1.807) is 0 Å². The Hall–Kier alpha value is -1.66. The highest BCUT2D eigenvalue weighted by atomic mass is 32.1.